The summed E-state index contributed by atoms with van der Waals surface area (Å²) < 4.78 is 1.65. The van der Waals surface area contributed by atoms with Crippen LogP contribution in [0.5, 0.6) is 0 Å². The predicted molar refractivity (Wildman–Crippen MR) is 66.8 cm³/mol. The van der Waals surface area contributed by atoms with Crippen LogP contribution >= 0.6 is 0 Å². The largest absolute Gasteiger partial charge is 0.361 e. The molecule has 0 aliphatic carbocycles. The van der Waals surface area contributed by atoms with Gasteiger partial charge in [-0.15, -0.1) is 5.10 Å². The molecule has 88 valence electrons. The zero-order chi connectivity index (χ0) is 12.5. The molecular formula is C13H11N5. The van der Waals surface area contributed by atoms with E-state index in [0.29, 0.717) is 12.1 Å². The molecule has 0 bridgehead atoms. The molecule has 0 atom stereocenters. The van der Waals surface area contributed by atoms with Crippen LogP contribution in [0.3, 0.4) is 0 Å². The van der Waals surface area contributed by atoms with Crippen LogP contribution in [0.25, 0.3) is 10.9 Å². The first kappa shape index (κ1) is 10.5. The van der Waals surface area contributed by atoms with E-state index < -0.39 is 0 Å². The normalized spacial score (nSPS) is 10.7. The number of H-pyrrole nitrogens is 1. The molecule has 0 aliphatic heterocycles. The number of nitriles is 1. The highest BCUT2D eigenvalue weighted by Gasteiger charge is 2.12. The van der Waals surface area contributed by atoms with Crippen molar-refractivity contribution in [3.8, 4) is 6.07 Å². The fourth-order valence-corrected chi connectivity index (χ4v) is 2.12. The second-order valence-electron chi connectivity index (χ2n) is 4.16. The number of hydrogen-bond acceptors (Lipinski definition) is 3. The number of fused-ring (bicyclic) bond motifs is 1. The Balaban J connectivity index is 2.07. The van der Waals surface area contributed by atoms with E-state index in [1.807, 2.05) is 24.4 Å². The molecule has 18 heavy (non-hydrogen) atoms. The number of hydrogen-bond donors (Lipinski definition) is 1. The second-order valence-corrected chi connectivity index (χ2v) is 4.16. The maximum absolute atomic E-state index is 9.00. The minimum absolute atomic E-state index is 0.391. The number of nitrogens with one attached hydrogen (secondary N) is 1. The molecular weight excluding hydrogens is 226 g/mol. The van der Waals surface area contributed by atoms with Crippen LogP contribution in [0.15, 0.2) is 30.5 Å². The summed E-state index contributed by atoms with van der Waals surface area (Å²) in [5.74, 6) is 0. The molecule has 5 heteroatoms. The second kappa shape index (κ2) is 4.00. The first-order chi connectivity index (χ1) is 8.79. The van der Waals surface area contributed by atoms with E-state index in [2.05, 4.69) is 27.4 Å². The van der Waals surface area contributed by atoms with Gasteiger partial charge >= 0.3 is 0 Å². The molecule has 0 saturated carbocycles. The Bertz CT molecular complexity index is 744. The molecule has 0 amide bonds. The van der Waals surface area contributed by atoms with Crippen molar-refractivity contribution < 1.29 is 0 Å². The summed E-state index contributed by atoms with van der Waals surface area (Å²) in [7, 11) is 1.80. The number of nitrogens with zero attached hydrogens (tertiary/aromatic N) is 4. The lowest BCUT2D eigenvalue weighted by Crippen LogP contribution is -2.00. The average molecular weight is 237 g/mol. The van der Waals surface area contributed by atoms with Crippen molar-refractivity contribution in [2.75, 3.05) is 0 Å². The predicted octanol–water partition coefficient (Wildman–Crippen LogP) is 1.76. The van der Waals surface area contributed by atoms with Crippen molar-refractivity contribution in [3.05, 3.63) is 47.4 Å². The highest BCUT2D eigenvalue weighted by molar-refractivity contribution is 5.83. The van der Waals surface area contributed by atoms with Crippen molar-refractivity contribution >= 4 is 10.9 Å². The first-order valence-corrected chi connectivity index (χ1v) is 5.63. The summed E-state index contributed by atoms with van der Waals surface area (Å²) in [5.41, 5.74) is 3.47. The molecule has 0 fully saturated rings. The van der Waals surface area contributed by atoms with Gasteiger partial charge in [-0.1, -0.05) is 23.4 Å². The Morgan fingerprint density at radius 2 is 2.22 bits per heavy atom. The molecule has 3 aromatic rings. The van der Waals surface area contributed by atoms with Crippen molar-refractivity contribution in [3.63, 3.8) is 0 Å². The van der Waals surface area contributed by atoms with Gasteiger partial charge in [0, 0.05) is 30.6 Å². The Hall–Kier alpha value is -2.61. The quantitative estimate of drug-likeness (QED) is 0.738. The Morgan fingerprint density at radius 1 is 1.39 bits per heavy atom. The van der Waals surface area contributed by atoms with Crippen molar-refractivity contribution in [1.29, 1.82) is 5.26 Å². The molecule has 0 saturated heterocycles. The van der Waals surface area contributed by atoms with Gasteiger partial charge in [-0.25, -0.2) is 0 Å². The van der Waals surface area contributed by atoms with E-state index in [9.17, 15) is 0 Å². The molecule has 3 rings (SSSR count). The van der Waals surface area contributed by atoms with Crippen LogP contribution in [0.1, 0.15) is 17.0 Å². The van der Waals surface area contributed by atoms with E-state index >= 15 is 0 Å². The van der Waals surface area contributed by atoms with Gasteiger partial charge in [0.05, 0.1) is 5.69 Å². The van der Waals surface area contributed by atoms with E-state index in [4.69, 9.17) is 5.26 Å². The number of aryl methyl sites for hydroxylation is 1. The monoisotopic (exact) mass is 237 g/mol. The zero-order valence-corrected chi connectivity index (χ0v) is 9.88. The van der Waals surface area contributed by atoms with Crippen LogP contribution in [0.4, 0.5) is 0 Å². The van der Waals surface area contributed by atoms with E-state index in [0.717, 1.165) is 16.8 Å². The van der Waals surface area contributed by atoms with Gasteiger partial charge < -0.3 is 4.98 Å². The van der Waals surface area contributed by atoms with Gasteiger partial charge in [0.15, 0.2) is 5.69 Å². The van der Waals surface area contributed by atoms with Crippen LogP contribution in [0.2, 0.25) is 0 Å². The Morgan fingerprint density at radius 3 is 3.06 bits per heavy atom. The molecule has 0 radical (unpaired) electrons. The maximum atomic E-state index is 9.00. The van der Waals surface area contributed by atoms with E-state index in [1.54, 1.807) is 11.7 Å². The highest BCUT2D eigenvalue weighted by Crippen LogP contribution is 2.21. The lowest BCUT2D eigenvalue weighted by atomic mass is 10.1. The molecule has 1 aromatic carbocycles. The van der Waals surface area contributed by atoms with Gasteiger partial charge in [-0.3, -0.25) is 4.68 Å². The van der Waals surface area contributed by atoms with Crippen LogP contribution in [-0.2, 0) is 13.5 Å². The summed E-state index contributed by atoms with van der Waals surface area (Å²) in [4.78, 5) is 3.22. The minimum atomic E-state index is 0.391. The van der Waals surface area contributed by atoms with E-state index in [1.165, 1.54) is 5.39 Å². The van der Waals surface area contributed by atoms with E-state index in [-0.39, 0.29) is 0 Å². The molecule has 2 heterocycles. The zero-order valence-electron chi connectivity index (χ0n) is 9.88. The number of rotatable bonds is 2. The fraction of sp³-hybridized carbons (Fsp3) is 0.154. The van der Waals surface area contributed by atoms with Gasteiger partial charge in [0.1, 0.15) is 6.07 Å². The van der Waals surface area contributed by atoms with Crippen LogP contribution < -0.4 is 0 Å². The van der Waals surface area contributed by atoms with Gasteiger partial charge in [0.25, 0.3) is 0 Å². The van der Waals surface area contributed by atoms with Crippen molar-refractivity contribution in [2.45, 2.75) is 6.42 Å². The number of benzene rings is 1. The lowest BCUT2D eigenvalue weighted by Gasteiger charge is -2.00. The van der Waals surface area contributed by atoms with Crippen LogP contribution in [-0.4, -0.2) is 20.0 Å². The summed E-state index contributed by atoms with van der Waals surface area (Å²) >= 11 is 0. The first-order valence-electron chi connectivity index (χ1n) is 5.63. The van der Waals surface area contributed by atoms with Gasteiger partial charge in [-0.05, 0) is 11.6 Å². The molecule has 2 aromatic heterocycles. The average Bonchev–Trinajstić information content (AvgIpc) is 2.96. The lowest BCUT2D eigenvalue weighted by molar-refractivity contribution is 0.686. The molecule has 1 N–H and O–H groups in total. The third-order valence-electron chi connectivity index (χ3n) is 3.08. The number of aromatic nitrogens is 4. The third kappa shape index (κ3) is 1.55. The number of para-hydroxylation sites is 1. The SMILES string of the molecule is Cn1nnc(C#N)c1Cc1c[nH]c2ccccc12. The fourth-order valence-electron chi connectivity index (χ4n) is 2.12. The highest BCUT2D eigenvalue weighted by atomic mass is 15.4. The number of aromatic amines is 1. The molecule has 0 spiro atoms. The van der Waals surface area contributed by atoms with Gasteiger partial charge in [-0.2, -0.15) is 5.26 Å². The smallest absolute Gasteiger partial charge is 0.186 e. The third-order valence-corrected chi connectivity index (χ3v) is 3.08. The standard InChI is InChI=1S/C13H11N5/c1-18-13(12(7-14)16-17-18)6-9-8-15-11-5-3-2-4-10(9)11/h2-5,8,15H,6H2,1H3. The van der Waals surface area contributed by atoms with Crippen molar-refractivity contribution in [2.24, 2.45) is 7.05 Å². The summed E-state index contributed by atoms with van der Waals surface area (Å²) in [6.07, 6.45) is 2.62. The molecule has 5 nitrogen and oxygen atoms in total. The summed E-state index contributed by atoms with van der Waals surface area (Å²) in [6, 6.07) is 10.2. The Labute approximate surface area is 104 Å². The van der Waals surface area contributed by atoms with Crippen molar-refractivity contribution in [1.82, 2.24) is 20.0 Å². The minimum Gasteiger partial charge on any atom is -0.361 e. The summed E-state index contributed by atoms with van der Waals surface area (Å²) in [6.45, 7) is 0. The molecule has 0 unspecified atom stereocenters. The molecule has 0 aliphatic rings. The van der Waals surface area contributed by atoms with Crippen LogP contribution in [0, 0.1) is 11.3 Å². The topological polar surface area (TPSA) is 70.3 Å². The Kier molecular flexibility index (Phi) is 2.34. The summed E-state index contributed by atoms with van der Waals surface area (Å²) in [5, 5.41) is 17.9. The van der Waals surface area contributed by atoms with Gasteiger partial charge in [0.2, 0.25) is 0 Å². The maximum Gasteiger partial charge on any atom is 0.186 e.